The zero-order valence-electron chi connectivity index (χ0n) is 10.8. The number of carbonyl (C=O) groups is 1. The van der Waals surface area contributed by atoms with Crippen LogP contribution in [0.1, 0.15) is 16.1 Å². The smallest absolute Gasteiger partial charge is 0.255 e. The summed E-state index contributed by atoms with van der Waals surface area (Å²) < 4.78 is 2.82. The molecule has 20 heavy (non-hydrogen) atoms. The Kier molecular flexibility index (Phi) is 3.28. The number of carbonyl (C=O) groups excluding carboxylic acids is 1. The molecule has 0 saturated carbocycles. The Hall–Kier alpha value is -2.14. The van der Waals surface area contributed by atoms with Gasteiger partial charge in [-0.05, 0) is 37.3 Å². The summed E-state index contributed by atoms with van der Waals surface area (Å²) in [6, 6.07) is 11.1. The van der Waals surface area contributed by atoms with Gasteiger partial charge in [-0.2, -0.15) is 0 Å². The number of pyridine rings is 1. The van der Waals surface area contributed by atoms with Crippen LogP contribution in [0.5, 0.6) is 0 Å². The van der Waals surface area contributed by atoms with Crippen molar-refractivity contribution in [3.05, 3.63) is 64.5 Å². The number of fused-ring (bicyclic) bond motifs is 1. The highest BCUT2D eigenvalue weighted by Crippen LogP contribution is 2.17. The molecule has 2 heterocycles. The Morgan fingerprint density at radius 2 is 2.15 bits per heavy atom. The molecule has 3 rings (SSSR count). The molecular weight excluding hydrogens is 318 g/mol. The maximum absolute atomic E-state index is 12.2. The van der Waals surface area contributed by atoms with E-state index in [2.05, 4.69) is 26.2 Å². The number of aromatic nitrogens is 2. The van der Waals surface area contributed by atoms with Gasteiger partial charge in [0, 0.05) is 28.1 Å². The number of nitrogens with one attached hydrogen (secondary N) is 1. The van der Waals surface area contributed by atoms with E-state index in [9.17, 15) is 4.79 Å². The average molecular weight is 330 g/mol. The van der Waals surface area contributed by atoms with E-state index in [1.54, 1.807) is 12.1 Å². The van der Waals surface area contributed by atoms with Gasteiger partial charge in [0.15, 0.2) is 0 Å². The van der Waals surface area contributed by atoms with E-state index in [-0.39, 0.29) is 5.91 Å². The lowest BCUT2D eigenvalue weighted by Gasteiger charge is -2.06. The summed E-state index contributed by atoms with van der Waals surface area (Å²) in [6.45, 7) is 1.92. The quantitative estimate of drug-likeness (QED) is 0.779. The van der Waals surface area contributed by atoms with Gasteiger partial charge in [-0.1, -0.05) is 22.0 Å². The molecule has 1 N–H and O–H groups in total. The van der Waals surface area contributed by atoms with Crippen LogP contribution in [-0.4, -0.2) is 15.3 Å². The number of rotatable bonds is 2. The third-order valence-corrected chi connectivity index (χ3v) is 3.42. The first-order chi connectivity index (χ1) is 9.61. The molecular formula is C15H12BrN3O. The zero-order valence-corrected chi connectivity index (χ0v) is 12.4. The molecule has 1 aromatic carbocycles. The van der Waals surface area contributed by atoms with Crippen LogP contribution in [-0.2, 0) is 0 Å². The van der Waals surface area contributed by atoms with E-state index in [4.69, 9.17) is 0 Å². The van der Waals surface area contributed by atoms with Gasteiger partial charge in [0.1, 0.15) is 5.65 Å². The van der Waals surface area contributed by atoms with Gasteiger partial charge in [0.2, 0.25) is 0 Å². The Bertz CT molecular complexity index is 795. The van der Waals surface area contributed by atoms with Crippen molar-refractivity contribution in [3.63, 3.8) is 0 Å². The van der Waals surface area contributed by atoms with Crippen LogP contribution >= 0.6 is 15.9 Å². The van der Waals surface area contributed by atoms with Gasteiger partial charge in [-0.15, -0.1) is 0 Å². The minimum atomic E-state index is -0.147. The third-order valence-electron chi connectivity index (χ3n) is 2.93. The second kappa shape index (κ2) is 5.09. The number of halogens is 1. The molecule has 0 saturated heterocycles. The van der Waals surface area contributed by atoms with Crippen molar-refractivity contribution in [2.24, 2.45) is 0 Å². The van der Waals surface area contributed by atoms with Crippen molar-refractivity contribution in [2.75, 3.05) is 5.32 Å². The normalized spacial score (nSPS) is 10.7. The van der Waals surface area contributed by atoms with Crippen LogP contribution in [0.2, 0.25) is 0 Å². The predicted molar refractivity (Wildman–Crippen MR) is 82.0 cm³/mol. The first-order valence-corrected chi connectivity index (χ1v) is 6.93. The molecule has 0 aliphatic heterocycles. The molecule has 1 amide bonds. The summed E-state index contributed by atoms with van der Waals surface area (Å²) in [5.41, 5.74) is 3.03. The van der Waals surface area contributed by atoms with Crippen molar-refractivity contribution < 1.29 is 4.79 Å². The van der Waals surface area contributed by atoms with Crippen molar-refractivity contribution >= 4 is 33.2 Å². The second-order valence-electron chi connectivity index (χ2n) is 4.53. The molecule has 0 aliphatic carbocycles. The van der Waals surface area contributed by atoms with Crippen LogP contribution in [0.3, 0.4) is 0 Å². The summed E-state index contributed by atoms with van der Waals surface area (Å²) in [5.74, 6) is -0.147. The van der Waals surface area contributed by atoms with E-state index in [1.807, 2.05) is 48.0 Å². The first kappa shape index (κ1) is 12.9. The Morgan fingerprint density at radius 1 is 1.30 bits per heavy atom. The number of hydrogen-bond donors (Lipinski definition) is 1. The number of anilines is 1. The standard InChI is InChI=1S/C15H12BrN3O/c1-10-9-19-6-5-11(7-14(19)17-10)15(20)18-13-4-2-3-12(16)8-13/h2-9H,1H3,(H,18,20). The number of imidazole rings is 1. The average Bonchev–Trinajstić information content (AvgIpc) is 2.77. The number of aryl methyl sites for hydroxylation is 1. The topological polar surface area (TPSA) is 46.4 Å². The molecule has 5 heteroatoms. The summed E-state index contributed by atoms with van der Waals surface area (Å²) in [4.78, 5) is 16.6. The van der Waals surface area contributed by atoms with Gasteiger partial charge in [-0.25, -0.2) is 4.98 Å². The van der Waals surface area contributed by atoms with Crippen LogP contribution < -0.4 is 5.32 Å². The molecule has 4 nitrogen and oxygen atoms in total. The van der Waals surface area contributed by atoms with E-state index in [0.717, 1.165) is 21.5 Å². The lowest BCUT2D eigenvalue weighted by atomic mass is 10.2. The van der Waals surface area contributed by atoms with E-state index < -0.39 is 0 Å². The van der Waals surface area contributed by atoms with E-state index >= 15 is 0 Å². The van der Waals surface area contributed by atoms with Gasteiger partial charge in [-0.3, -0.25) is 4.79 Å². The molecule has 0 unspecified atom stereocenters. The van der Waals surface area contributed by atoms with Crippen molar-refractivity contribution in [1.29, 1.82) is 0 Å². The summed E-state index contributed by atoms with van der Waals surface area (Å²) in [6.07, 6.45) is 3.76. The molecule has 2 aromatic heterocycles. The van der Waals surface area contributed by atoms with Crippen molar-refractivity contribution in [3.8, 4) is 0 Å². The summed E-state index contributed by atoms with van der Waals surface area (Å²) in [5, 5.41) is 2.86. The van der Waals surface area contributed by atoms with Crippen LogP contribution in [0.4, 0.5) is 5.69 Å². The highest BCUT2D eigenvalue weighted by molar-refractivity contribution is 9.10. The summed E-state index contributed by atoms with van der Waals surface area (Å²) in [7, 11) is 0. The van der Waals surface area contributed by atoms with Gasteiger partial charge < -0.3 is 9.72 Å². The monoisotopic (exact) mass is 329 g/mol. The first-order valence-electron chi connectivity index (χ1n) is 6.14. The van der Waals surface area contributed by atoms with Crippen molar-refractivity contribution in [2.45, 2.75) is 6.92 Å². The van der Waals surface area contributed by atoms with Crippen LogP contribution in [0.25, 0.3) is 5.65 Å². The SMILES string of the molecule is Cc1cn2ccc(C(=O)Nc3cccc(Br)c3)cc2n1. The Morgan fingerprint density at radius 3 is 2.95 bits per heavy atom. The van der Waals surface area contributed by atoms with Crippen LogP contribution in [0, 0.1) is 6.92 Å². The number of nitrogens with zero attached hydrogens (tertiary/aromatic N) is 2. The molecule has 0 aliphatic rings. The van der Waals surface area contributed by atoms with E-state index in [1.165, 1.54) is 0 Å². The maximum Gasteiger partial charge on any atom is 0.255 e. The molecule has 0 fully saturated rings. The lowest BCUT2D eigenvalue weighted by molar-refractivity contribution is 0.102. The number of amides is 1. The minimum Gasteiger partial charge on any atom is -0.322 e. The molecule has 100 valence electrons. The van der Waals surface area contributed by atoms with Gasteiger partial charge in [0.25, 0.3) is 5.91 Å². The molecule has 0 atom stereocenters. The predicted octanol–water partition coefficient (Wildman–Crippen LogP) is 3.66. The number of benzene rings is 1. The maximum atomic E-state index is 12.2. The van der Waals surface area contributed by atoms with Gasteiger partial charge >= 0.3 is 0 Å². The van der Waals surface area contributed by atoms with Crippen LogP contribution in [0.15, 0.2) is 53.3 Å². The fraction of sp³-hybridized carbons (Fsp3) is 0.0667. The highest BCUT2D eigenvalue weighted by atomic mass is 79.9. The molecule has 0 radical (unpaired) electrons. The minimum absolute atomic E-state index is 0.147. The van der Waals surface area contributed by atoms with E-state index in [0.29, 0.717) is 5.56 Å². The highest BCUT2D eigenvalue weighted by Gasteiger charge is 2.08. The lowest BCUT2D eigenvalue weighted by Crippen LogP contribution is -2.12. The van der Waals surface area contributed by atoms with Gasteiger partial charge in [0.05, 0.1) is 5.69 Å². The van der Waals surface area contributed by atoms with Crippen molar-refractivity contribution in [1.82, 2.24) is 9.38 Å². The fourth-order valence-corrected chi connectivity index (χ4v) is 2.42. The third kappa shape index (κ3) is 2.58. The summed E-state index contributed by atoms with van der Waals surface area (Å²) >= 11 is 3.38. The second-order valence-corrected chi connectivity index (χ2v) is 5.44. The Balaban J connectivity index is 1.88. The Labute approximate surface area is 124 Å². The fourth-order valence-electron chi connectivity index (χ4n) is 2.02. The largest absolute Gasteiger partial charge is 0.322 e. The molecule has 0 bridgehead atoms. The number of hydrogen-bond acceptors (Lipinski definition) is 2. The molecule has 0 spiro atoms. The zero-order chi connectivity index (χ0) is 14.1. The molecule has 3 aromatic rings.